The number of amides is 1. The number of carbonyl (C=O) groups is 3. The Hall–Kier alpha value is -2.88. The van der Waals surface area contributed by atoms with E-state index in [1.54, 1.807) is 20.8 Å². The Morgan fingerprint density at radius 2 is 1.84 bits per heavy atom. The topological polar surface area (TPSA) is 122 Å². The van der Waals surface area contributed by atoms with Crippen LogP contribution in [0.25, 0.3) is 0 Å². The Morgan fingerprint density at radius 3 is 2.45 bits per heavy atom. The number of methoxy groups -OCH3 is 1. The van der Waals surface area contributed by atoms with Gasteiger partial charge in [0.2, 0.25) is 6.79 Å². The largest absolute Gasteiger partial charge is 0.493 e. The molecule has 1 aromatic rings. The second-order valence-electron chi connectivity index (χ2n) is 7.09. The standard InChI is InChI=1S/C21H32N2O8/c1-7-10-28-11-14(4)31-21(26)15(5)23-19(24)17-18(16(27-6)8-9-22-17)29-12-30-20(25)13(2)3/h8-9,13-15H,7,10-12H2,1-6H3,(H,23,24)/t14-,15-/m0/s1. The molecule has 2 atom stereocenters. The number of hydrogen-bond acceptors (Lipinski definition) is 9. The zero-order chi connectivity index (χ0) is 23.4. The molecule has 0 aromatic carbocycles. The van der Waals surface area contributed by atoms with E-state index in [-0.39, 0.29) is 29.7 Å². The number of rotatable bonds is 13. The van der Waals surface area contributed by atoms with Gasteiger partial charge in [-0.05, 0) is 20.3 Å². The van der Waals surface area contributed by atoms with Gasteiger partial charge in [-0.25, -0.2) is 9.78 Å². The van der Waals surface area contributed by atoms with Crippen molar-refractivity contribution in [2.75, 3.05) is 27.1 Å². The number of esters is 2. The van der Waals surface area contributed by atoms with Gasteiger partial charge in [0.1, 0.15) is 12.1 Å². The summed E-state index contributed by atoms with van der Waals surface area (Å²) in [5, 5.41) is 2.52. The lowest BCUT2D eigenvalue weighted by atomic mass is 10.2. The molecule has 0 saturated heterocycles. The number of aromatic nitrogens is 1. The van der Waals surface area contributed by atoms with Crippen LogP contribution in [0.4, 0.5) is 0 Å². The number of nitrogens with one attached hydrogen (secondary N) is 1. The molecule has 0 unspecified atom stereocenters. The van der Waals surface area contributed by atoms with Gasteiger partial charge < -0.3 is 29.0 Å². The van der Waals surface area contributed by atoms with Crippen molar-refractivity contribution in [3.63, 3.8) is 0 Å². The van der Waals surface area contributed by atoms with Crippen molar-refractivity contribution in [2.24, 2.45) is 5.92 Å². The first-order chi connectivity index (χ1) is 14.7. The molecule has 1 aromatic heterocycles. The Bertz CT molecular complexity index is 738. The lowest BCUT2D eigenvalue weighted by Crippen LogP contribution is -2.41. The average molecular weight is 440 g/mol. The molecule has 0 bridgehead atoms. The Labute approximate surface area is 182 Å². The highest BCUT2D eigenvalue weighted by Gasteiger charge is 2.25. The van der Waals surface area contributed by atoms with E-state index in [4.69, 9.17) is 23.7 Å². The van der Waals surface area contributed by atoms with E-state index in [0.29, 0.717) is 6.61 Å². The SMILES string of the molecule is CCCOC[C@H](C)OC(=O)[C@H](C)NC(=O)c1nccc(OC)c1OCOC(=O)C(C)C. The van der Waals surface area contributed by atoms with Crippen LogP contribution in [0.2, 0.25) is 0 Å². The second-order valence-corrected chi connectivity index (χ2v) is 7.09. The number of hydrogen-bond donors (Lipinski definition) is 1. The lowest BCUT2D eigenvalue weighted by molar-refractivity contribution is -0.154. The van der Waals surface area contributed by atoms with E-state index in [1.165, 1.54) is 26.3 Å². The molecule has 0 aliphatic carbocycles. The summed E-state index contributed by atoms with van der Waals surface area (Å²) >= 11 is 0. The minimum Gasteiger partial charge on any atom is -0.493 e. The predicted molar refractivity (Wildman–Crippen MR) is 111 cm³/mol. The monoisotopic (exact) mass is 440 g/mol. The number of pyridine rings is 1. The molecule has 31 heavy (non-hydrogen) atoms. The number of ether oxygens (including phenoxy) is 5. The minimum absolute atomic E-state index is 0.0130. The van der Waals surface area contributed by atoms with E-state index in [1.807, 2.05) is 6.92 Å². The summed E-state index contributed by atoms with van der Waals surface area (Å²) in [7, 11) is 1.39. The molecule has 0 aliphatic rings. The molecule has 1 amide bonds. The van der Waals surface area contributed by atoms with Crippen LogP contribution in [-0.4, -0.2) is 62.1 Å². The summed E-state index contributed by atoms with van der Waals surface area (Å²) in [5.74, 6) is -1.87. The molecule has 0 spiro atoms. The summed E-state index contributed by atoms with van der Waals surface area (Å²) in [6.07, 6.45) is 1.77. The van der Waals surface area contributed by atoms with Crippen molar-refractivity contribution in [3.05, 3.63) is 18.0 Å². The molecule has 0 fully saturated rings. The van der Waals surface area contributed by atoms with Gasteiger partial charge in [-0.1, -0.05) is 20.8 Å². The first-order valence-electron chi connectivity index (χ1n) is 10.1. The number of carbonyl (C=O) groups excluding carboxylic acids is 3. The molecular formula is C21H32N2O8. The van der Waals surface area contributed by atoms with Gasteiger partial charge in [0, 0.05) is 18.9 Å². The third-order valence-corrected chi connectivity index (χ3v) is 3.90. The molecule has 10 heteroatoms. The third kappa shape index (κ3) is 8.79. The van der Waals surface area contributed by atoms with Gasteiger partial charge in [-0.2, -0.15) is 0 Å². The molecule has 1 heterocycles. The molecular weight excluding hydrogens is 408 g/mol. The van der Waals surface area contributed by atoms with Crippen molar-refractivity contribution in [1.29, 1.82) is 0 Å². The first-order valence-corrected chi connectivity index (χ1v) is 10.1. The van der Waals surface area contributed by atoms with Crippen LogP contribution in [-0.2, 0) is 23.8 Å². The first kappa shape index (κ1) is 26.2. The quantitative estimate of drug-likeness (QED) is 0.279. The third-order valence-electron chi connectivity index (χ3n) is 3.90. The van der Waals surface area contributed by atoms with Crippen LogP contribution >= 0.6 is 0 Å². The normalized spacial score (nSPS) is 12.6. The molecule has 0 saturated carbocycles. The van der Waals surface area contributed by atoms with Crippen LogP contribution in [0.1, 0.15) is 51.5 Å². The summed E-state index contributed by atoms with van der Waals surface area (Å²) in [6, 6.07) is 0.548. The summed E-state index contributed by atoms with van der Waals surface area (Å²) < 4.78 is 26.2. The molecule has 0 aliphatic heterocycles. The maximum atomic E-state index is 12.7. The molecule has 1 rings (SSSR count). The zero-order valence-electron chi connectivity index (χ0n) is 18.9. The van der Waals surface area contributed by atoms with Gasteiger partial charge in [0.15, 0.2) is 17.2 Å². The van der Waals surface area contributed by atoms with Crippen LogP contribution in [0.5, 0.6) is 11.5 Å². The van der Waals surface area contributed by atoms with Crippen LogP contribution in [0, 0.1) is 5.92 Å². The minimum atomic E-state index is -0.944. The smallest absolute Gasteiger partial charge is 0.328 e. The Kier molecular flexibility index (Phi) is 11.3. The van der Waals surface area contributed by atoms with E-state index >= 15 is 0 Å². The fraction of sp³-hybridized carbons (Fsp3) is 0.619. The zero-order valence-corrected chi connectivity index (χ0v) is 18.9. The summed E-state index contributed by atoms with van der Waals surface area (Å²) in [5.41, 5.74) is -0.126. The van der Waals surface area contributed by atoms with Gasteiger partial charge in [0.05, 0.1) is 19.6 Å². The van der Waals surface area contributed by atoms with Crippen LogP contribution in [0.3, 0.4) is 0 Å². The van der Waals surface area contributed by atoms with E-state index in [2.05, 4.69) is 10.3 Å². The van der Waals surface area contributed by atoms with Gasteiger partial charge >= 0.3 is 11.9 Å². The van der Waals surface area contributed by atoms with Crippen molar-refractivity contribution in [3.8, 4) is 11.5 Å². The molecule has 0 radical (unpaired) electrons. The average Bonchev–Trinajstić information content (AvgIpc) is 2.73. The Balaban J connectivity index is 2.78. The van der Waals surface area contributed by atoms with Gasteiger partial charge in [-0.15, -0.1) is 0 Å². The van der Waals surface area contributed by atoms with Gasteiger partial charge in [0.25, 0.3) is 5.91 Å². The highest BCUT2D eigenvalue weighted by molar-refractivity contribution is 5.98. The highest BCUT2D eigenvalue weighted by Crippen LogP contribution is 2.29. The lowest BCUT2D eigenvalue weighted by Gasteiger charge is -2.19. The maximum Gasteiger partial charge on any atom is 0.328 e. The van der Waals surface area contributed by atoms with Crippen LogP contribution in [0.15, 0.2) is 12.3 Å². The van der Waals surface area contributed by atoms with E-state index < -0.39 is 36.8 Å². The van der Waals surface area contributed by atoms with E-state index in [9.17, 15) is 14.4 Å². The van der Waals surface area contributed by atoms with Gasteiger partial charge in [-0.3, -0.25) is 9.59 Å². The fourth-order valence-electron chi connectivity index (χ4n) is 2.26. The Morgan fingerprint density at radius 1 is 1.13 bits per heavy atom. The molecule has 1 N–H and O–H groups in total. The summed E-state index contributed by atoms with van der Waals surface area (Å²) in [4.78, 5) is 40.6. The maximum absolute atomic E-state index is 12.7. The highest BCUT2D eigenvalue weighted by atomic mass is 16.7. The van der Waals surface area contributed by atoms with Crippen LogP contribution < -0.4 is 14.8 Å². The second kappa shape index (κ2) is 13.4. The summed E-state index contributed by atoms with van der Waals surface area (Å²) in [6.45, 7) is 8.96. The number of nitrogens with zero attached hydrogens (tertiary/aromatic N) is 1. The molecule has 10 nitrogen and oxygen atoms in total. The predicted octanol–water partition coefficient (Wildman–Crippen LogP) is 2.10. The fourth-order valence-corrected chi connectivity index (χ4v) is 2.26. The van der Waals surface area contributed by atoms with Crippen molar-refractivity contribution in [1.82, 2.24) is 10.3 Å². The van der Waals surface area contributed by atoms with Crippen molar-refractivity contribution in [2.45, 2.75) is 53.2 Å². The van der Waals surface area contributed by atoms with Crippen molar-refractivity contribution < 1.29 is 38.1 Å². The molecule has 174 valence electrons. The van der Waals surface area contributed by atoms with E-state index in [0.717, 1.165) is 6.42 Å². The van der Waals surface area contributed by atoms with Crippen molar-refractivity contribution >= 4 is 17.8 Å².